The van der Waals surface area contributed by atoms with Crippen LogP contribution in [0.25, 0.3) is 0 Å². The van der Waals surface area contributed by atoms with Crippen molar-refractivity contribution in [3.05, 3.63) is 17.0 Å². The largest absolute Gasteiger partial charge is 0.361 e. The second-order valence-electron chi connectivity index (χ2n) is 5.33. The first kappa shape index (κ1) is 13.4. The van der Waals surface area contributed by atoms with E-state index in [1.165, 1.54) is 0 Å². The van der Waals surface area contributed by atoms with Crippen molar-refractivity contribution in [1.82, 2.24) is 20.5 Å². The Balaban J connectivity index is 1.77. The first-order valence-corrected chi connectivity index (χ1v) is 7.31. The summed E-state index contributed by atoms with van der Waals surface area (Å²) < 4.78 is 5.08. The molecule has 7 heteroatoms. The molecule has 2 fully saturated rings. The van der Waals surface area contributed by atoms with E-state index in [-0.39, 0.29) is 5.91 Å². The van der Waals surface area contributed by atoms with E-state index < -0.39 is 0 Å². The molecule has 0 bridgehead atoms. The highest BCUT2D eigenvalue weighted by molar-refractivity contribution is 7.80. The van der Waals surface area contributed by atoms with Gasteiger partial charge in [-0.1, -0.05) is 5.16 Å². The first-order valence-electron chi connectivity index (χ1n) is 6.90. The summed E-state index contributed by atoms with van der Waals surface area (Å²) in [6.45, 7) is 4.99. The maximum absolute atomic E-state index is 12.7. The summed E-state index contributed by atoms with van der Waals surface area (Å²) in [5, 5.41) is 11.3. The summed E-state index contributed by atoms with van der Waals surface area (Å²) >= 11 is 5.40. The van der Waals surface area contributed by atoms with Crippen molar-refractivity contribution in [3.8, 4) is 0 Å². The van der Waals surface area contributed by atoms with Gasteiger partial charge in [0.2, 0.25) is 0 Å². The lowest BCUT2D eigenvalue weighted by Crippen LogP contribution is -2.49. The molecule has 1 amide bonds. The summed E-state index contributed by atoms with van der Waals surface area (Å²) in [7, 11) is 0. The third kappa shape index (κ3) is 2.37. The van der Waals surface area contributed by atoms with Gasteiger partial charge in [0.05, 0.1) is 5.69 Å². The Morgan fingerprint density at radius 1 is 1.35 bits per heavy atom. The number of carbonyl (C=O) groups is 1. The molecule has 0 aromatic carbocycles. The van der Waals surface area contributed by atoms with Gasteiger partial charge in [0.25, 0.3) is 5.91 Å². The molecule has 6 nitrogen and oxygen atoms in total. The van der Waals surface area contributed by atoms with Crippen molar-refractivity contribution in [1.29, 1.82) is 0 Å². The molecule has 1 aromatic heterocycles. The van der Waals surface area contributed by atoms with Gasteiger partial charge in [-0.25, -0.2) is 5.01 Å². The Hall–Kier alpha value is -1.63. The Morgan fingerprint density at radius 3 is 2.65 bits per heavy atom. The maximum Gasteiger partial charge on any atom is 0.277 e. The molecule has 1 aliphatic heterocycles. The van der Waals surface area contributed by atoms with Gasteiger partial charge in [-0.2, -0.15) is 0 Å². The van der Waals surface area contributed by atoms with Crippen molar-refractivity contribution in [3.63, 3.8) is 0 Å². The van der Waals surface area contributed by atoms with Crippen LogP contribution in [0.4, 0.5) is 0 Å². The minimum absolute atomic E-state index is 0.0845. The molecule has 2 aliphatic rings. The highest BCUT2D eigenvalue weighted by atomic mass is 32.1. The molecule has 0 atom stereocenters. The van der Waals surface area contributed by atoms with Crippen molar-refractivity contribution in [2.24, 2.45) is 0 Å². The third-order valence-electron chi connectivity index (χ3n) is 3.65. The number of aromatic nitrogens is 1. The van der Waals surface area contributed by atoms with E-state index in [1.807, 2.05) is 5.01 Å². The number of nitrogens with zero attached hydrogens (tertiary/aromatic N) is 3. The Bertz CT molecular complexity index is 533. The normalized spacial score (nSPS) is 18.5. The van der Waals surface area contributed by atoms with Gasteiger partial charge in [-0.15, -0.1) is 0 Å². The van der Waals surface area contributed by atoms with E-state index in [0.29, 0.717) is 34.7 Å². The topological polar surface area (TPSA) is 61.6 Å². The van der Waals surface area contributed by atoms with Crippen molar-refractivity contribution >= 4 is 23.2 Å². The molecule has 2 heterocycles. The average molecular weight is 294 g/mol. The summed E-state index contributed by atoms with van der Waals surface area (Å²) in [5.41, 5.74) is 1.17. The zero-order chi connectivity index (χ0) is 14.3. The van der Waals surface area contributed by atoms with Gasteiger partial charge in [0.15, 0.2) is 5.11 Å². The quantitative estimate of drug-likeness (QED) is 0.832. The van der Waals surface area contributed by atoms with Gasteiger partial charge in [0.1, 0.15) is 11.3 Å². The summed E-state index contributed by atoms with van der Waals surface area (Å²) in [5.74, 6) is 0.471. The lowest BCUT2D eigenvalue weighted by Gasteiger charge is -2.30. The highest BCUT2D eigenvalue weighted by Crippen LogP contribution is 2.22. The molecular weight excluding hydrogens is 276 g/mol. The predicted molar refractivity (Wildman–Crippen MR) is 77.1 cm³/mol. The number of carbonyl (C=O) groups excluding carboxylic acids is 1. The number of amides is 1. The van der Waals surface area contributed by atoms with E-state index in [0.717, 1.165) is 25.8 Å². The second kappa shape index (κ2) is 5.05. The average Bonchev–Trinajstić information content (AvgIpc) is 2.98. The number of thiocarbonyl (C=S) groups is 1. The molecule has 0 unspecified atom stereocenters. The van der Waals surface area contributed by atoms with E-state index in [9.17, 15) is 4.79 Å². The number of hydrogen-bond acceptors (Lipinski definition) is 4. The number of hydrogen-bond donors (Lipinski definition) is 1. The molecule has 3 rings (SSSR count). The van der Waals surface area contributed by atoms with Crippen LogP contribution in [0.1, 0.15) is 41.1 Å². The first-order chi connectivity index (χ1) is 9.58. The van der Waals surface area contributed by atoms with Gasteiger partial charge in [-0.3, -0.25) is 9.80 Å². The Kier molecular flexibility index (Phi) is 3.37. The van der Waals surface area contributed by atoms with Crippen LogP contribution in [0, 0.1) is 13.8 Å². The minimum Gasteiger partial charge on any atom is -0.361 e. The number of nitrogens with one attached hydrogen (secondary N) is 1. The molecule has 108 valence electrons. The van der Waals surface area contributed by atoms with Crippen LogP contribution in [-0.4, -0.2) is 45.3 Å². The predicted octanol–water partition coefficient (Wildman–Crippen LogP) is 1.39. The van der Waals surface area contributed by atoms with Crippen LogP contribution in [0.5, 0.6) is 0 Å². The zero-order valence-corrected chi connectivity index (χ0v) is 12.5. The SMILES string of the molecule is Cc1noc(C)c1C(=O)N1CCCN1C(=S)NC1CC1. The second-order valence-corrected chi connectivity index (χ2v) is 5.71. The summed E-state index contributed by atoms with van der Waals surface area (Å²) in [6, 6.07) is 0.485. The standard InChI is InChI=1S/C13H18N4O2S/c1-8-11(9(2)19-15-8)12(18)16-6-3-7-17(16)13(20)14-10-4-5-10/h10H,3-7H2,1-2H3,(H,14,20). The molecule has 0 spiro atoms. The monoisotopic (exact) mass is 294 g/mol. The van der Waals surface area contributed by atoms with E-state index >= 15 is 0 Å². The smallest absolute Gasteiger partial charge is 0.277 e. The fraction of sp³-hybridized carbons (Fsp3) is 0.615. The molecule has 1 aromatic rings. The van der Waals surface area contributed by atoms with Crippen LogP contribution in [0.15, 0.2) is 4.52 Å². The maximum atomic E-state index is 12.7. The zero-order valence-electron chi connectivity index (χ0n) is 11.7. The molecule has 1 saturated carbocycles. The van der Waals surface area contributed by atoms with Crippen LogP contribution < -0.4 is 5.32 Å². The summed E-state index contributed by atoms with van der Waals surface area (Å²) in [6.07, 6.45) is 3.24. The van der Waals surface area contributed by atoms with Crippen molar-refractivity contribution in [2.75, 3.05) is 13.1 Å². The van der Waals surface area contributed by atoms with Gasteiger partial charge in [-0.05, 0) is 45.3 Å². The fourth-order valence-corrected chi connectivity index (χ4v) is 2.78. The Labute approximate surface area is 123 Å². The van der Waals surface area contributed by atoms with Crippen molar-refractivity contribution < 1.29 is 9.32 Å². The van der Waals surface area contributed by atoms with Crippen LogP contribution in [-0.2, 0) is 0 Å². The van der Waals surface area contributed by atoms with Crippen LogP contribution in [0.3, 0.4) is 0 Å². The van der Waals surface area contributed by atoms with Gasteiger partial charge < -0.3 is 9.84 Å². The molecule has 1 aliphatic carbocycles. The van der Waals surface area contributed by atoms with Crippen molar-refractivity contribution in [2.45, 2.75) is 39.2 Å². The minimum atomic E-state index is -0.0845. The van der Waals surface area contributed by atoms with Gasteiger partial charge in [0, 0.05) is 19.1 Å². The lowest BCUT2D eigenvalue weighted by atomic mass is 10.2. The van der Waals surface area contributed by atoms with E-state index in [1.54, 1.807) is 18.9 Å². The summed E-state index contributed by atoms with van der Waals surface area (Å²) in [4.78, 5) is 12.7. The molecule has 1 saturated heterocycles. The van der Waals surface area contributed by atoms with E-state index in [2.05, 4.69) is 10.5 Å². The molecule has 20 heavy (non-hydrogen) atoms. The van der Waals surface area contributed by atoms with E-state index in [4.69, 9.17) is 16.7 Å². The van der Waals surface area contributed by atoms with Crippen LogP contribution >= 0.6 is 12.2 Å². The third-order valence-corrected chi connectivity index (χ3v) is 3.98. The number of hydrazine groups is 1. The number of rotatable bonds is 2. The fourth-order valence-electron chi connectivity index (χ4n) is 2.43. The Morgan fingerprint density at radius 2 is 2.05 bits per heavy atom. The lowest BCUT2D eigenvalue weighted by molar-refractivity contribution is 0.0489. The molecule has 0 radical (unpaired) electrons. The number of aryl methyl sites for hydroxylation is 2. The molecule has 1 N–H and O–H groups in total. The van der Waals surface area contributed by atoms with Gasteiger partial charge >= 0.3 is 0 Å². The molecular formula is C13H18N4O2S. The van der Waals surface area contributed by atoms with Crippen LogP contribution in [0.2, 0.25) is 0 Å². The highest BCUT2D eigenvalue weighted by Gasteiger charge is 2.34.